The maximum Gasteiger partial charge on any atom is 0.338 e. The Bertz CT molecular complexity index is 891. The second-order valence-corrected chi connectivity index (χ2v) is 5.71. The molecule has 0 saturated carbocycles. The number of nitrogens with zero attached hydrogens (tertiary/aromatic N) is 1. The van der Waals surface area contributed by atoms with Crippen LogP contribution in [0.2, 0.25) is 5.02 Å². The zero-order valence-electron chi connectivity index (χ0n) is 13.4. The highest BCUT2D eigenvalue weighted by atomic mass is 35.5. The number of benzene rings is 2. The van der Waals surface area contributed by atoms with Crippen molar-refractivity contribution >= 4 is 28.5 Å². The Labute approximate surface area is 145 Å². The van der Waals surface area contributed by atoms with Crippen molar-refractivity contribution in [2.45, 2.75) is 13.8 Å². The average Bonchev–Trinajstić information content (AvgIpc) is 2.56. The summed E-state index contributed by atoms with van der Waals surface area (Å²) in [6.07, 6.45) is 0. The number of aryl methyl sites for hydroxylation is 1. The number of aromatic nitrogens is 1. The molecule has 0 aliphatic rings. The molecule has 3 aromatic rings. The van der Waals surface area contributed by atoms with Crippen LogP contribution in [0.5, 0.6) is 11.5 Å². The fourth-order valence-corrected chi connectivity index (χ4v) is 2.50. The Balaban J connectivity index is 2.05. The lowest BCUT2D eigenvalue weighted by Gasteiger charge is -2.11. The van der Waals surface area contributed by atoms with Crippen LogP contribution in [0.3, 0.4) is 0 Å². The molecule has 24 heavy (non-hydrogen) atoms. The number of esters is 1. The van der Waals surface area contributed by atoms with Crippen LogP contribution in [0.1, 0.15) is 23.0 Å². The lowest BCUT2D eigenvalue weighted by atomic mass is 10.1. The molecule has 0 atom stereocenters. The van der Waals surface area contributed by atoms with Gasteiger partial charge in [0.05, 0.1) is 17.7 Å². The van der Waals surface area contributed by atoms with E-state index in [9.17, 15) is 4.79 Å². The smallest absolute Gasteiger partial charge is 0.338 e. The van der Waals surface area contributed by atoms with E-state index in [1.165, 1.54) is 0 Å². The van der Waals surface area contributed by atoms with E-state index in [-0.39, 0.29) is 5.97 Å². The van der Waals surface area contributed by atoms with Crippen molar-refractivity contribution in [2.75, 3.05) is 6.61 Å². The molecule has 0 N–H and O–H groups in total. The summed E-state index contributed by atoms with van der Waals surface area (Å²) in [5.41, 5.74) is 2.05. The zero-order valence-corrected chi connectivity index (χ0v) is 14.1. The van der Waals surface area contributed by atoms with Crippen molar-refractivity contribution < 1.29 is 14.3 Å². The third-order valence-electron chi connectivity index (χ3n) is 3.45. The molecule has 4 nitrogen and oxygen atoms in total. The van der Waals surface area contributed by atoms with E-state index in [1.54, 1.807) is 49.4 Å². The highest BCUT2D eigenvalue weighted by Gasteiger charge is 2.12. The first-order chi connectivity index (χ1) is 11.6. The van der Waals surface area contributed by atoms with Gasteiger partial charge in [0.15, 0.2) is 0 Å². The van der Waals surface area contributed by atoms with Crippen molar-refractivity contribution in [3.05, 3.63) is 64.8 Å². The standard InChI is InChI=1S/C19H16ClNO3/c1-3-23-19(22)13-4-9-17-16(11-13)18(10-12(2)21-17)24-15-7-5-14(20)6-8-15/h4-11H,3H2,1-2H3. The normalized spacial score (nSPS) is 10.6. The SMILES string of the molecule is CCOC(=O)c1ccc2nc(C)cc(Oc3ccc(Cl)cc3)c2c1. The molecule has 0 amide bonds. The van der Waals surface area contributed by atoms with Crippen LogP contribution in [-0.2, 0) is 4.74 Å². The summed E-state index contributed by atoms with van der Waals surface area (Å²) in [7, 11) is 0. The van der Waals surface area contributed by atoms with Crippen molar-refractivity contribution in [3.8, 4) is 11.5 Å². The van der Waals surface area contributed by atoms with E-state index >= 15 is 0 Å². The first-order valence-corrected chi connectivity index (χ1v) is 7.96. The molecule has 0 fully saturated rings. The maximum absolute atomic E-state index is 12.0. The van der Waals surface area contributed by atoms with Gasteiger partial charge in [0.25, 0.3) is 0 Å². The van der Waals surface area contributed by atoms with Gasteiger partial charge in [0.2, 0.25) is 0 Å². The van der Waals surface area contributed by atoms with Crippen LogP contribution in [0, 0.1) is 6.92 Å². The van der Waals surface area contributed by atoms with Crippen LogP contribution in [0.4, 0.5) is 0 Å². The largest absolute Gasteiger partial charge is 0.462 e. The lowest BCUT2D eigenvalue weighted by molar-refractivity contribution is 0.0526. The fraction of sp³-hybridized carbons (Fsp3) is 0.158. The molecule has 0 spiro atoms. The van der Waals surface area contributed by atoms with Crippen LogP contribution in [0.15, 0.2) is 48.5 Å². The first kappa shape index (κ1) is 16.3. The molecule has 2 aromatic carbocycles. The van der Waals surface area contributed by atoms with Gasteiger partial charge >= 0.3 is 5.97 Å². The molecular weight excluding hydrogens is 326 g/mol. The summed E-state index contributed by atoms with van der Waals surface area (Å²) in [5.74, 6) is 0.927. The minimum Gasteiger partial charge on any atom is -0.462 e. The molecule has 1 aromatic heterocycles. The predicted octanol–water partition coefficient (Wildman–Crippen LogP) is 5.17. The molecule has 0 unspecified atom stereocenters. The number of fused-ring (bicyclic) bond motifs is 1. The molecule has 0 radical (unpaired) electrons. The van der Waals surface area contributed by atoms with Gasteiger partial charge in [-0.15, -0.1) is 0 Å². The van der Waals surface area contributed by atoms with E-state index in [1.807, 2.05) is 13.0 Å². The molecule has 1 heterocycles. The monoisotopic (exact) mass is 341 g/mol. The van der Waals surface area contributed by atoms with E-state index in [2.05, 4.69) is 4.98 Å². The second-order valence-electron chi connectivity index (χ2n) is 5.27. The number of hydrogen-bond acceptors (Lipinski definition) is 4. The molecule has 0 saturated heterocycles. The van der Waals surface area contributed by atoms with Gasteiger partial charge in [0.1, 0.15) is 11.5 Å². The number of carbonyl (C=O) groups is 1. The summed E-state index contributed by atoms with van der Waals surface area (Å²) in [6.45, 7) is 4.00. The topological polar surface area (TPSA) is 48.4 Å². The van der Waals surface area contributed by atoms with Crippen LogP contribution in [0.25, 0.3) is 10.9 Å². The van der Waals surface area contributed by atoms with Gasteiger partial charge in [-0.25, -0.2) is 4.79 Å². The molecule has 0 aliphatic heterocycles. The molecule has 0 aliphatic carbocycles. The van der Waals surface area contributed by atoms with Gasteiger partial charge in [-0.2, -0.15) is 0 Å². The molecule has 122 valence electrons. The quantitative estimate of drug-likeness (QED) is 0.614. The van der Waals surface area contributed by atoms with Gasteiger partial charge in [0, 0.05) is 22.2 Å². The average molecular weight is 342 g/mol. The van der Waals surface area contributed by atoms with Crippen LogP contribution >= 0.6 is 11.6 Å². The molecular formula is C19H16ClNO3. The highest BCUT2D eigenvalue weighted by Crippen LogP contribution is 2.31. The van der Waals surface area contributed by atoms with Crippen LogP contribution < -0.4 is 4.74 Å². The van der Waals surface area contributed by atoms with Gasteiger partial charge in [-0.1, -0.05) is 11.6 Å². The Hall–Kier alpha value is -2.59. The number of rotatable bonds is 4. The van der Waals surface area contributed by atoms with E-state index in [0.717, 1.165) is 16.6 Å². The van der Waals surface area contributed by atoms with Gasteiger partial charge in [-0.05, 0) is 56.3 Å². The third kappa shape index (κ3) is 3.49. The highest BCUT2D eigenvalue weighted by molar-refractivity contribution is 6.30. The van der Waals surface area contributed by atoms with E-state index < -0.39 is 0 Å². The minimum absolute atomic E-state index is 0.331. The summed E-state index contributed by atoms with van der Waals surface area (Å²) >= 11 is 5.90. The van der Waals surface area contributed by atoms with E-state index in [0.29, 0.717) is 28.7 Å². The number of hydrogen-bond donors (Lipinski definition) is 0. The van der Waals surface area contributed by atoms with Crippen molar-refractivity contribution in [1.29, 1.82) is 0 Å². The Kier molecular flexibility index (Phi) is 4.67. The molecule has 0 bridgehead atoms. The Morgan fingerprint density at radius 2 is 1.88 bits per heavy atom. The summed E-state index contributed by atoms with van der Waals surface area (Å²) in [4.78, 5) is 16.4. The molecule has 5 heteroatoms. The van der Waals surface area contributed by atoms with Crippen LogP contribution in [-0.4, -0.2) is 17.6 Å². The first-order valence-electron chi connectivity index (χ1n) is 7.59. The summed E-state index contributed by atoms with van der Waals surface area (Å²) in [6, 6.07) is 14.2. The Morgan fingerprint density at radius 3 is 2.58 bits per heavy atom. The maximum atomic E-state index is 12.0. The minimum atomic E-state index is -0.364. The van der Waals surface area contributed by atoms with Gasteiger partial charge < -0.3 is 9.47 Å². The zero-order chi connectivity index (χ0) is 17.1. The Morgan fingerprint density at radius 1 is 1.12 bits per heavy atom. The predicted molar refractivity (Wildman–Crippen MR) is 94.0 cm³/mol. The number of halogens is 1. The fourth-order valence-electron chi connectivity index (χ4n) is 2.38. The number of pyridine rings is 1. The summed E-state index contributed by atoms with van der Waals surface area (Å²) < 4.78 is 11.0. The third-order valence-corrected chi connectivity index (χ3v) is 3.70. The van der Waals surface area contributed by atoms with Gasteiger partial charge in [-0.3, -0.25) is 4.98 Å². The number of carbonyl (C=O) groups excluding carboxylic acids is 1. The molecule has 3 rings (SSSR count). The number of ether oxygens (including phenoxy) is 2. The summed E-state index contributed by atoms with van der Waals surface area (Å²) in [5, 5.41) is 1.39. The van der Waals surface area contributed by atoms with E-state index in [4.69, 9.17) is 21.1 Å². The lowest BCUT2D eigenvalue weighted by Crippen LogP contribution is -2.04. The second kappa shape index (κ2) is 6.89. The van der Waals surface area contributed by atoms with Crippen molar-refractivity contribution in [1.82, 2.24) is 4.98 Å². The van der Waals surface area contributed by atoms with Crippen molar-refractivity contribution in [3.63, 3.8) is 0 Å². The van der Waals surface area contributed by atoms with Crippen molar-refractivity contribution in [2.24, 2.45) is 0 Å².